The van der Waals surface area contributed by atoms with Crippen LogP contribution in [0.3, 0.4) is 0 Å². The van der Waals surface area contributed by atoms with Crippen molar-refractivity contribution >= 4 is 5.57 Å². The Balaban J connectivity index is 2.22. The standard InChI is InChI=1S/C14H16/c1-11(2)13-8-9-14(10-13)12-6-4-3-5-7-12/h3-8,10-11H,9H2,1-2H3. The van der Waals surface area contributed by atoms with Crippen molar-refractivity contribution < 1.29 is 0 Å². The van der Waals surface area contributed by atoms with Gasteiger partial charge < -0.3 is 0 Å². The van der Waals surface area contributed by atoms with Crippen LogP contribution in [0.15, 0.2) is 48.1 Å². The number of allylic oxidation sites excluding steroid dienone is 4. The zero-order valence-corrected chi connectivity index (χ0v) is 8.83. The molecule has 0 bridgehead atoms. The Morgan fingerprint density at radius 1 is 1.07 bits per heavy atom. The highest BCUT2D eigenvalue weighted by Crippen LogP contribution is 2.29. The van der Waals surface area contributed by atoms with E-state index < -0.39 is 0 Å². The summed E-state index contributed by atoms with van der Waals surface area (Å²) in [7, 11) is 0. The van der Waals surface area contributed by atoms with Gasteiger partial charge in [-0.25, -0.2) is 0 Å². The Labute approximate surface area is 86.0 Å². The van der Waals surface area contributed by atoms with Crippen LogP contribution in [0, 0.1) is 5.92 Å². The Kier molecular flexibility index (Phi) is 2.53. The molecule has 0 heterocycles. The molecule has 0 spiro atoms. The van der Waals surface area contributed by atoms with Gasteiger partial charge in [-0.3, -0.25) is 0 Å². The molecule has 0 nitrogen and oxygen atoms in total. The van der Waals surface area contributed by atoms with E-state index in [1.165, 1.54) is 16.7 Å². The van der Waals surface area contributed by atoms with Crippen LogP contribution in [0.2, 0.25) is 0 Å². The van der Waals surface area contributed by atoms with Crippen LogP contribution in [0.5, 0.6) is 0 Å². The molecule has 72 valence electrons. The monoisotopic (exact) mass is 184 g/mol. The molecule has 2 rings (SSSR count). The first-order chi connectivity index (χ1) is 6.77. The van der Waals surface area contributed by atoms with Crippen LogP contribution in [-0.4, -0.2) is 0 Å². The first-order valence-corrected chi connectivity index (χ1v) is 5.23. The van der Waals surface area contributed by atoms with E-state index in [0.29, 0.717) is 5.92 Å². The summed E-state index contributed by atoms with van der Waals surface area (Å²) in [6.45, 7) is 4.49. The highest BCUT2D eigenvalue weighted by Gasteiger charge is 2.10. The molecule has 1 aromatic carbocycles. The van der Waals surface area contributed by atoms with Gasteiger partial charge in [0.05, 0.1) is 0 Å². The first kappa shape index (κ1) is 9.26. The average molecular weight is 184 g/mol. The Bertz CT molecular complexity index is 366. The SMILES string of the molecule is CC(C)C1=CCC(c2ccccc2)=C1. The Hall–Kier alpha value is -1.30. The van der Waals surface area contributed by atoms with Crippen LogP contribution in [0.25, 0.3) is 5.57 Å². The molecule has 0 unspecified atom stereocenters. The molecule has 0 amide bonds. The van der Waals surface area contributed by atoms with E-state index >= 15 is 0 Å². The zero-order chi connectivity index (χ0) is 9.97. The van der Waals surface area contributed by atoms with Crippen molar-refractivity contribution in [1.82, 2.24) is 0 Å². The van der Waals surface area contributed by atoms with Crippen molar-refractivity contribution in [1.29, 1.82) is 0 Å². The number of hydrogen-bond acceptors (Lipinski definition) is 0. The maximum Gasteiger partial charge on any atom is -0.00855 e. The van der Waals surface area contributed by atoms with Crippen LogP contribution in [0.1, 0.15) is 25.8 Å². The van der Waals surface area contributed by atoms with Crippen LogP contribution >= 0.6 is 0 Å². The molecule has 1 aromatic rings. The normalized spacial score (nSPS) is 15.6. The molecule has 0 N–H and O–H groups in total. The highest BCUT2D eigenvalue weighted by molar-refractivity contribution is 5.72. The topological polar surface area (TPSA) is 0 Å². The van der Waals surface area contributed by atoms with Gasteiger partial charge in [-0.05, 0) is 29.0 Å². The van der Waals surface area contributed by atoms with E-state index in [4.69, 9.17) is 0 Å². The van der Waals surface area contributed by atoms with Gasteiger partial charge in [0.15, 0.2) is 0 Å². The fourth-order valence-corrected chi connectivity index (χ4v) is 1.80. The number of benzene rings is 1. The van der Waals surface area contributed by atoms with Crippen molar-refractivity contribution in [3.8, 4) is 0 Å². The molecule has 1 aliphatic carbocycles. The van der Waals surface area contributed by atoms with Crippen molar-refractivity contribution in [3.63, 3.8) is 0 Å². The van der Waals surface area contributed by atoms with Crippen LogP contribution in [0.4, 0.5) is 0 Å². The van der Waals surface area contributed by atoms with E-state index in [0.717, 1.165) is 6.42 Å². The smallest absolute Gasteiger partial charge is 0.00855 e. The van der Waals surface area contributed by atoms with Crippen molar-refractivity contribution in [2.75, 3.05) is 0 Å². The van der Waals surface area contributed by atoms with Gasteiger partial charge in [0.1, 0.15) is 0 Å². The molecule has 1 aliphatic rings. The molecule has 0 radical (unpaired) electrons. The molecular formula is C14H16. The Morgan fingerprint density at radius 2 is 1.79 bits per heavy atom. The van der Waals surface area contributed by atoms with E-state index in [1.807, 2.05) is 0 Å². The lowest BCUT2D eigenvalue weighted by atomic mass is 10.0. The second kappa shape index (κ2) is 3.83. The van der Waals surface area contributed by atoms with E-state index in [1.54, 1.807) is 0 Å². The van der Waals surface area contributed by atoms with Crippen molar-refractivity contribution in [2.24, 2.45) is 5.92 Å². The summed E-state index contributed by atoms with van der Waals surface area (Å²) in [5.41, 5.74) is 4.29. The second-order valence-corrected chi connectivity index (χ2v) is 4.10. The molecule has 14 heavy (non-hydrogen) atoms. The van der Waals surface area contributed by atoms with Gasteiger partial charge in [-0.1, -0.05) is 56.3 Å². The van der Waals surface area contributed by atoms with Gasteiger partial charge in [0.2, 0.25) is 0 Å². The first-order valence-electron chi connectivity index (χ1n) is 5.23. The second-order valence-electron chi connectivity index (χ2n) is 4.10. The van der Waals surface area contributed by atoms with Gasteiger partial charge in [-0.2, -0.15) is 0 Å². The largest absolute Gasteiger partial charge is 0.0766 e. The fraction of sp³-hybridized carbons (Fsp3) is 0.286. The van der Waals surface area contributed by atoms with E-state index in [9.17, 15) is 0 Å². The van der Waals surface area contributed by atoms with Crippen molar-refractivity contribution in [3.05, 3.63) is 53.6 Å². The third-order valence-corrected chi connectivity index (χ3v) is 2.71. The molecule has 0 saturated heterocycles. The summed E-state index contributed by atoms with van der Waals surface area (Å²) in [6.07, 6.45) is 5.77. The van der Waals surface area contributed by atoms with E-state index in [2.05, 4.69) is 56.3 Å². The van der Waals surface area contributed by atoms with Gasteiger partial charge in [0, 0.05) is 0 Å². The minimum atomic E-state index is 0.649. The quantitative estimate of drug-likeness (QED) is 0.650. The highest BCUT2D eigenvalue weighted by atomic mass is 14.1. The lowest BCUT2D eigenvalue weighted by Crippen LogP contribution is -1.86. The summed E-state index contributed by atoms with van der Waals surface area (Å²) >= 11 is 0. The summed E-state index contributed by atoms with van der Waals surface area (Å²) in [5.74, 6) is 0.649. The van der Waals surface area contributed by atoms with Crippen molar-refractivity contribution in [2.45, 2.75) is 20.3 Å². The third-order valence-electron chi connectivity index (χ3n) is 2.71. The maximum atomic E-state index is 2.34. The minimum Gasteiger partial charge on any atom is -0.0766 e. The summed E-state index contributed by atoms with van der Waals surface area (Å²) in [4.78, 5) is 0. The predicted octanol–water partition coefficient (Wildman–Crippen LogP) is 4.06. The molecule has 0 heteroatoms. The minimum absolute atomic E-state index is 0.649. The average Bonchev–Trinajstić information content (AvgIpc) is 2.68. The fourth-order valence-electron chi connectivity index (χ4n) is 1.80. The van der Waals surface area contributed by atoms with E-state index in [-0.39, 0.29) is 0 Å². The summed E-state index contributed by atoms with van der Waals surface area (Å²) in [5, 5.41) is 0. The lowest BCUT2D eigenvalue weighted by molar-refractivity contribution is 0.793. The number of hydrogen-bond donors (Lipinski definition) is 0. The third kappa shape index (κ3) is 1.79. The molecule has 0 fully saturated rings. The van der Waals surface area contributed by atoms with Crippen LogP contribution < -0.4 is 0 Å². The van der Waals surface area contributed by atoms with Gasteiger partial charge in [-0.15, -0.1) is 0 Å². The molecule has 0 aliphatic heterocycles. The molecule has 0 atom stereocenters. The van der Waals surface area contributed by atoms with Gasteiger partial charge in [0.25, 0.3) is 0 Å². The maximum absolute atomic E-state index is 2.34. The summed E-state index contributed by atoms with van der Waals surface area (Å²) in [6, 6.07) is 10.6. The zero-order valence-electron chi connectivity index (χ0n) is 8.83. The predicted molar refractivity (Wildman–Crippen MR) is 62.0 cm³/mol. The van der Waals surface area contributed by atoms with Gasteiger partial charge >= 0.3 is 0 Å². The molecule has 0 saturated carbocycles. The molecular weight excluding hydrogens is 168 g/mol. The lowest BCUT2D eigenvalue weighted by Gasteiger charge is -2.02. The Morgan fingerprint density at radius 3 is 2.36 bits per heavy atom. The van der Waals surface area contributed by atoms with Crippen LogP contribution in [-0.2, 0) is 0 Å². The summed E-state index contributed by atoms with van der Waals surface area (Å²) < 4.78 is 0. The molecule has 0 aromatic heterocycles. The number of rotatable bonds is 2.